The Morgan fingerprint density at radius 3 is 1.04 bits per heavy atom. The molecule has 0 aromatic heterocycles. The molecule has 0 atom stereocenters. The first-order chi connectivity index (χ1) is 10.9. The van der Waals surface area contributed by atoms with E-state index in [4.69, 9.17) is 5.26 Å². The van der Waals surface area contributed by atoms with Crippen molar-refractivity contribution in [3.05, 3.63) is 97.9 Å². The average Bonchev–Trinajstić information content (AvgIpc) is 2.59. The molecule has 0 spiro atoms. The molecular formula is C20H17AuNP. The summed E-state index contributed by atoms with van der Waals surface area (Å²) >= 11 is 0. The Hall–Kier alpha value is -1.81. The summed E-state index contributed by atoms with van der Waals surface area (Å²) in [5.74, 6) is 0. The Morgan fingerprint density at radius 1 is 0.609 bits per heavy atom. The van der Waals surface area contributed by atoms with E-state index in [0.717, 1.165) is 0 Å². The SMILES string of the molecule is [Au+].[CH2-]C#N.c1ccc(P(c2ccccc2)c2ccccc2)cc1. The number of hydrogen-bond acceptors (Lipinski definition) is 1. The summed E-state index contributed by atoms with van der Waals surface area (Å²) in [4.78, 5) is 0. The molecule has 0 saturated heterocycles. The van der Waals surface area contributed by atoms with Crippen molar-refractivity contribution in [1.29, 1.82) is 5.26 Å². The van der Waals surface area contributed by atoms with Crippen LogP contribution in [0.5, 0.6) is 0 Å². The molecule has 0 bridgehead atoms. The van der Waals surface area contributed by atoms with Gasteiger partial charge in [-0.3, -0.25) is 0 Å². The third-order valence-corrected chi connectivity index (χ3v) is 5.49. The molecule has 0 aliphatic heterocycles. The van der Waals surface area contributed by atoms with E-state index in [9.17, 15) is 0 Å². The molecule has 0 heterocycles. The van der Waals surface area contributed by atoms with Crippen LogP contribution in [-0.4, -0.2) is 0 Å². The van der Waals surface area contributed by atoms with Gasteiger partial charge in [0.2, 0.25) is 0 Å². The van der Waals surface area contributed by atoms with Crippen LogP contribution in [0.25, 0.3) is 0 Å². The third-order valence-electron chi connectivity index (χ3n) is 3.04. The Labute approximate surface area is 155 Å². The minimum absolute atomic E-state index is 0. The molecule has 0 saturated carbocycles. The Kier molecular flexibility index (Phi) is 9.07. The maximum absolute atomic E-state index is 7.21. The minimum Gasteiger partial charge on any atom is -0.305 e. The molecule has 0 unspecified atom stereocenters. The zero-order chi connectivity index (χ0) is 15.6. The molecule has 3 aromatic rings. The van der Waals surface area contributed by atoms with Crippen molar-refractivity contribution >= 4 is 23.8 Å². The van der Waals surface area contributed by atoms with Gasteiger partial charge in [0.1, 0.15) is 0 Å². The van der Waals surface area contributed by atoms with E-state index in [1.54, 1.807) is 0 Å². The molecule has 0 aliphatic rings. The number of benzene rings is 3. The van der Waals surface area contributed by atoms with Crippen LogP contribution in [0.15, 0.2) is 91.0 Å². The molecule has 3 heteroatoms. The van der Waals surface area contributed by atoms with Crippen LogP contribution in [0, 0.1) is 18.3 Å². The van der Waals surface area contributed by atoms with E-state index in [2.05, 4.69) is 97.9 Å². The van der Waals surface area contributed by atoms with Gasteiger partial charge in [-0.05, 0) is 23.8 Å². The van der Waals surface area contributed by atoms with Gasteiger partial charge in [0.15, 0.2) is 0 Å². The van der Waals surface area contributed by atoms with Crippen LogP contribution >= 0.6 is 7.92 Å². The van der Waals surface area contributed by atoms with Crippen molar-refractivity contribution in [3.8, 4) is 6.07 Å². The summed E-state index contributed by atoms with van der Waals surface area (Å²) in [7, 11) is -0.446. The molecular weight excluding hydrogens is 482 g/mol. The maximum Gasteiger partial charge on any atom is 1.00 e. The van der Waals surface area contributed by atoms with Gasteiger partial charge >= 0.3 is 22.4 Å². The standard InChI is InChI=1S/C18H15P.C2H2N.Au/c1-4-10-16(11-5-1)19(17-12-6-2-7-13-17)18-14-8-3-9-15-18;1-2-3;/h1-15H;1H2;/q;-1;+1. The maximum atomic E-state index is 7.21. The van der Waals surface area contributed by atoms with Crippen LogP contribution < -0.4 is 15.9 Å². The largest absolute Gasteiger partial charge is 1.00 e. The van der Waals surface area contributed by atoms with Crippen molar-refractivity contribution in [2.24, 2.45) is 0 Å². The fourth-order valence-electron chi connectivity index (χ4n) is 2.18. The molecule has 0 amide bonds. The van der Waals surface area contributed by atoms with Crippen LogP contribution in [0.4, 0.5) is 0 Å². The molecule has 118 valence electrons. The summed E-state index contributed by atoms with van der Waals surface area (Å²) in [5.41, 5.74) is 0. The van der Waals surface area contributed by atoms with Gasteiger partial charge in [-0.25, -0.2) is 5.26 Å². The topological polar surface area (TPSA) is 23.8 Å². The molecule has 0 aliphatic carbocycles. The number of rotatable bonds is 3. The number of hydrogen-bond donors (Lipinski definition) is 0. The van der Waals surface area contributed by atoms with E-state index in [1.807, 2.05) is 0 Å². The van der Waals surface area contributed by atoms with E-state index in [1.165, 1.54) is 22.0 Å². The Balaban J connectivity index is 0.000000615. The van der Waals surface area contributed by atoms with Crippen LogP contribution in [0.1, 0.15) is 0 Å². The first kappa shape index (κ1) is 19.2. The van der Waals surface area contributed by atoms with E-state index in [0.29, 0.717) is 0 Å². The van der Waals surface area contributed by atoms with Crippen molar-refractivity contribution < 1.29 is 22.4 Å². The fourth-order valence-corrected chi connectivity index (χ4v) is 4.48. The zero-order valence-electron chi connectivity index (χ0n) is 12.6. The number of nitriles is 1. The van der Waals surface area contributed by atoms with Gasteiger partial charge in [0.25, 0.3) is 0 Å². The molecule has 0 N–H and O–H groups in total. The van der Waals surface area contributed by atoms with Gasteiger partial charge < -0.3 is 6.92 Å². The van der Waals surface area contributed by atoms with Gasteiger partial charge in [0, 0.05) is 0 Å². The molecule has 0 fully saturated rings. The predicted octanol–water partition coefficient (Wildman–Crippen LogP) is 3.79. The monoisotopic (exact) mass is 499 g/mol. The van der Waals surface area contributed by atoms with Crippen molar-refractivity contribution in [2.75, 3.05) is 0 Å². The van der Waals surface area contributed by atoms with Gasteiger partial charge in [-0.1, -0.05) is 91.0 Å². The summed E-state index contributed by atoms with van der Waals surface area (Å²) in [6.45, 7) is 2.79. The zero-order valence-corrected chi connectivity index (χ0v) is 15.6. The molecule has 0 radical (unpaired) electrons. The average molecular weight is 499 g/mol. The van der Waals surface area contributed by atoms with Crippen molar-refractivity contribution in [3.63, 3.8) is 0 Å². The summed E-state index contributed by atoms with van der Waals surface area (Å²) < 4.78 is 0. The normalized spacial score (nSPS) is 9.04. The van der Waals surface area contributed by atoms with Gasteiger partial charge in [0.05, 0.1) is 0 Å². The summed E-state index contributed by atoms with van der Waals surface area (Å²) in [5, 5.41) is 11.4. The van der Waals surface area contributed by atoms with Crippen LogP contribution in [-0.2, 0) is 22.4 Å². The summed E-state index contributed by atoms with van der Waals surface area (Å²) in [6.07, 6.45) is 0. The molecule has 3 aromatic carbocycles. The smallest absolute Gasteiger partial charge is 0.305 e. The second kappa shape index (κ2) is 10.8. The molecule has 3 rings (SSSR count). The van der Waals surface area contributed by atoms with E-state index < -0.39 is 7.92 Å². The van der Waals surface area contributed by atoms with E-state index in [-0.39, 0.29) is 22.4 Å². The fraction of sp³-hybridized carbons (Fsp3) is 0. The van der Waals surface area contributed by atoms with E-state index >= 15 is 0 Å². The summed E-state index contributed by atoms with van der Waals surface area (Å²) in [6, 6.07) is 33.8. The van der Waals surface area contributed by atoms with Gasteiger partial charge in [-0.2, -0.15) is 0 Å². The Morgan fingerprint density at radius 2 is 0.826 bits per heavy atom. The van der Waals surface area contributed by atoms with Crippen LogP contribution in [0.2, 0.25) is 0 Å². The first-order valence-electron chi connectivity index (χ1n) is 6.98. The molecule has 23 heavy (non-hydrogen) atoms. The third kappa shape index (κ3) is 5.71. The first-order valence-corrected chi connectivity index (χ1v) is 8.32. The quantitative estimate of drug-likeness (QED) is 0.306. The van der Waals surface area contributed by atoms with Gasteiger partial charge in [-0.15, -0.1) is 6.07 Å². The van der Waals surface area contributed by atoms with Crippen LogP contribution in [0.3, 0.4) is 0 Å². The second-order valence-corrected chi connectivity index (χ2v) is 6.72. The predicted molar refractivity (Wildman–Crippen MR) is 96.1 cm³/mol. The Bertz CT molecular complexity index is 615. The molecule has 1 nitrogen and oxygen atoms in total. The number of nitrogens with zero attached hydrogens (tertiary/aromatic N) is 1. The van der Waals surface area contributed by atoms with Crippen molar-refractivity contribution in [2.45, 2.75) is 0 Å². The minimum atomic E-state index is -0.446. The second-order valence-electron chi connectivity index (χ2n) is 4.50. The van der Waals surface area contributed by atoms with Crippen molar-refractivity contribution in [1.82, 2.24) is 0 Å².